The van der Waals surface area contributed by atoms with Crippen LogP contribution in [0.5, 0.6) is 0 Å². The molecule has 0 aromatic heterocycles. The van der Waals surface area contributed by atoms with Gasteiger partial charge in [-0.2, -0.15) is 11.8 Å². The SMILES string of the molecule is CC1(CCOC=C2CCCCC2)CC2CCC1S2. The summed E-state index contributed by atoms with van der Waals surface area (Å²) >= 11 is 2.25. The Kier molecular flexibility index (Phi) is 3.93. The van der Waals surface area contributed by atoms with Gasteiger partial charge in [-0.1, -0.05) is 13.3 Å². The van der Waals surface area contributed by atoms with Crippen LogP contribution in [0.25, 0.3) is 0 Å². The van der Waals surface area contributed by atoms with Gasteiger partial charge in [0.15, 0.2) is 0 Å². The van der Waals surface area contributed by atoms with Gasteiger partial charge in [0.25, 0.3) is 0 Å². The molecule has 3 fully saturated rings. The smallest absolute Gasteiger partial charge is 0.0878 e. The van der Waals surface area contributed by atoms with E-state index in [9.17, 15) is 0 Å². The molecule has 18 heavy (non-hydrogen) atoms. The lowest BCUT2D eigenvalue weighted by Crippen LogP contribution is -2.29. The number of rotatable bonds is 4. The maximum Gasteiger partial charge on any atom is 0.0878 e. The van der Waals surface area contributed by atoms with Gasteiger partial charge in [0, 0.05) is 10.5 Å². The van der Waals surface area contributed by atoms with Crippen molar-refractivity contribution in [2.75, 3.05) is 6.61 Å². The summed E-state index contributed by atoms with van der Waals surface area (Å²) in [6.45, 7) is 3.42. The van der Waals surface area contributed by atoms with Gasteiger partial charge in [0.05, 0.1) is 12.9 Å². The molecular formula is C16H26OS. The van der Waals surface area contributed by atoms with Gasteiger partial charge in [-0.3, -0.25) is 0 Å². The van der Waals surface area contributed by atoms with E-state index in [-0.39, 0.29) is 0 Å². The third-order valence-electron chi connectivity index (χ3n) is 5.12. The Bertz CT molecular complexity index is 317. The monoisotopic (exact) mass is 266 g/mol. The fourth-order valence-corrected chi connectivity index (χ4v) is 5.90. The quantitative estimate of drug-likeness (QED) is 0.528. The molecular weight excluding hydrogens is 240 g/mol. The van der Waals surface area contributed by atoms with Crippen LogP contribution in [0.2, 0.25) is 0 Å². The summed E-state index contributed by atoms with van der Waals surface area (Å²) < 4.78 is 5.84. The number of fused-ring (bicyclic) bond motifs is 2. The van der Waals surface area contributed by atoms with E-state index in [2.05, 4.69) is 24.9 Å². The molecule has 3 aliphatic rings. The van der Waals surface area contributed by atoms with Crippen molar-refractivity contribution in [3.05, 3.63) is 11.8 Å². The summed E-state index contributed by atoms with van der Waals surface area (Å²) in [5, 5.41) is 1.89. The average Bonchev–Trinajstić information content (AvgIpc) is 2.96. The highest BCUT2D eigenvalue weighted by Crippen LogP contribution is 2.57. The maximum absolute atomic E-state index is 5.84. The lowest BCUT2D eigenvalue weighted by Gasteiger charge is -2.32. The summed E-state index contributed by atoms with van der Waals surface area (Å²) in [6.07, 6.45) is 14.4. The van der Waals surface area contributed by atoms with Crippen LogP contribution in [0, 0.1) is 5.41 Å². The van der Waals surface area contributed by atoms with Crippen molar-refractivity contribution in [2.24, 2.45) is 5.41 Å². The fourth-order valence-electron chi connectivity index (χ4n) is 3.88. The van der Waals surface area contributed by atoms with Crippen LogP contribution in [0.15, 0.2) is 11.8 Å². The topological polar surface area (TPSA) is 9.23 Å². The van der Waals surface area contributed by atoms with Gasteiger partial charge in [-0.15, -0.1) is 0 Å². The Morgan fingerprint density at radius 2 is 2.11 bits per heavy atom. The summed E-state index contributed by atoms with van der Waals surface area (Å²) in [6, 6.07) is 0. The molecule has 2 aliphatic heterocycles. The van der Waals surface area contributed by atoms with Crippen molar-refractivity contribution < 1.29 is 4.74 Å². The highest BCUT2D eigenvalue weighted by Gasteiger charge is 2.48. The Morgan fingerprint density at radius 1 is 1.28 bits per heavy atom. The van der Waals surface area contributed by atoms with Crippen LogP contribution < -0.4 is 0 Å². The maximum atomic E-state index is 5.84. The Balaban J connectivity index is 1.42. The molecule has 1 aliphatic carbocycles. The molecule has 2 saturated heterocycles. The van der Waals surface area contributed by atoms with Crippen molar-refractivity contribution >= 4 is 11.8 Å². The van der Waals surface area contributed by atoms with E-state index in [1.807, 2.05) is 0 Å². The van der Waals surface area contributed by atoms with Gasteiger partial charge in [0.2, 0.25) is 0 Å². The molecule has 0 spiro atoms. The van der Waals surface area contributed by atoms with E-state index >= 15 is 0 Å². The average molecular weight is 266 g/mol. The predicted octanol–water partition coefficient (Wildman–Crippen LogP) is 4.92. The number of hydrogen-bond acceptors (Lipinski definition) is 2. The molecule has 102 valence electrons. The van der Waals surface area contributed by atoms with E-state index in [4.69, 9.17) is 4.74 Å². The van der Waals surface area contributed by atoms with E-state index in [0.717, 1.165) is 17.1 Å². The second-order valence-corrected chi connectivity index (χ2v) is 8.15. The van der Waals surface area contributed by atoms with Crippen molar-refractivity contribution in [1.29, 1.82) is 0 Å². The zero-order valence-corrected chi connectivity index (χ0v) is 12.4. The summed E-state index contributed by atoms with van der Waals surface area (Å²) in [7, 11) is 0. The van der Waals surface area contributed by atoms with Crippen molar-refractivity contribution in [1.82, 2.24) is 0 Å². The fraction of sp³-hybridized carbons (Fsp3) is 0.875. The molecule has 3 unspecified atom stereocenters. The second-order valence-electron chi connectivity index (χ2n) is 6.64. The van der Waals surface area contributed by atoms with Crippen molar-refractivity contribution in [2.45, 2.75) is 75.2 Å². The third kappa shape index (κ3) is 2.74. The van der Waals surface area contributed by atoms with Crippen molar-refractivity contribution in [3.8, 4) is 0 Å². The Morgan fingerprint density at radius 3 is 2.78 bits per heavy atom. The van der Waals surface area contributed by atoms with E-state index in [1.54, 1.807) is 5.57 Å². The number of allylic oxidation sites excluding steroid dienone is 1. The lowest BCUT2D eigenvalue weighted by atomic mass is 9.74. The first-order chi connectivity index (χ1) is 8.76. The lowest BCUT2D eigenvalue weighted by molar-refractivity contribution is 0.154. The molecule has 0 aromatic carbocycles. The molecule has 0 N–H and O–H groups in total. The molecule has 1 saturated carbocycles. The number of hydrogen-bond donors (Lipinski definition) is 0. The van der Waals surface area contributed by atoms with Crippen LogP contribution >= 0.6 is 11.8 Å². The van der Waals surface area contributed by atoms with Crippen LogP contribution in [0.1, 0.15) is 64.7 Å². The van der Waals surface area contributed by atoms with E-state index in [1.165, 1.54) is 57.8 Å². The van der Waals surface area contributed by atoms with Crippen LogP contribution in [0.3, 0.4) is 0 Å². The van der Waals surface area contributed by atoms with Crippen molar-refractivity contribution in [3.63, 3.8) is 0 Å². The summed E-state index contributed by atoms with van der Waals surface area (Å²) in [4.78, 5) is 0. The molecule has 2 heteroatoms. The minimum absolute atomic E-state index is 0.568. The van der Waals surface area contributed by atoms with Gasteiger partial charge in [-0.05, 0) is 62.4 Å². The standard InChI is InChI=1S/C16H26OS/c1-16(11-14-7-8-15(16)18-14)9-10-17-12-13-5-3-2-4-6-13/h12,14-15H,2-11H2,1H3. The van der Waals surface area contributed by atoms with Crippen LogP contribution in [0.4, 0.5) is 0 Å². The Hall–Kier alpha value is -0.110. The van der Waals surface area contributed by atoms with Gasteiger partial charge in [-0.25, -0.2) is 0 Å². The zero-order valence-electron chi connectivity index (χ0n) is 11.6. The highest BCUT2D eigenvalue weighted by atomic mass is 32.2. The predicted molar refractivity (Wildman–Crippen MR) is 78.9 cm³/mol. The molecule has 2 heterocycles. The highest BCUT2D eigenvalue weighted by molar-refractivity contribution is 8.01. The molecule has 1 nitrogen and oxygen atoms in total. The first-order valence-corrected chi connectivity index (χ1v) is 8.65. The van der Waals surface area contributed by atoms with Gasteiger partial charge in [0.1, 0.15) is 0 Å². The Labute approximate surface area is 116 Å². The first-order valence-electron chi connectivity index (χ1n) is 7.71. The summed E-state index contributed by atoms with van der Waals surface area (Å²) in [5.74, 6) is 0. The minimum atomic E-state index is 0.568. The first kappa shape index (κ1) is 12.9. The third-order valence-corrected chi connectivity index (χ3v) is 7.04. The second kappa shape index (κ2) is 5.48. The largest absolute Gasteiger partial charge is 0.501 e. The number of ether oxygens (including phenoxy) is 1. The molecule has 0 aromatic rings. The van der Waals surface area contributed by atoms with E-state index in [0.29, 0.717) is 5.41 Å². The number of thioether (sulfide) groups is 1. The van der Waals surface area contributed by atoms with Gasteiger partial charge >= 0.3 is 0 Å². The molecule has 3 atom stereocenters. The normalized spacial score (nSPS) is 39.1. The van der Waals surface area contributed by atoms with Gasteiger partial charge < -0.3 is 4.74 Å². The molecule has 0 radical (unpaired) electrons. The minimum Gasteiger partial charge on any atom is -0.501 e. The zero-order chi connectivity index (χ0) is 12.4. The van der Waals surface area contributed by atoms with Crippen LogP contribution in [-0.2, 0) is 4.74 Å². The summed E-state index contributed by atoms with van der Waals surface area (Å²) in [5.41, 5.74) is 2.12. The van der Waals surface area contributed by atoms with Crippen LogP contribution in [-0.4, -0.2) is 17.1 Å². The molecule has 3 rings (SSSR count). The molecule has 2 bridgehead atoms. The molecule has 0 amide bonds. The van der Waals surface area contributed by atoms with E-state index < -0.39 is 0 Å².